The highest BCUT2D eigenvalue weighted by Gasteiger charge is 2.27. The number of aromatic nitrogens is 4. The fraction of sp³-hybridized carbons (Fsp3) is 0.533. The highest BCUT2D eigenvalue weighted by Crippen LogP contribution is 2.21. The average molecular weight is 333 g/mol. The normalized spacial score (nSPS) is 15.6. The van der Waals surface area contributed by atoms with Crippen LogP contribution in [0.15, 0.2) is 18.3 Å². The largest absolute Gasteiger partial charge is 0.473 e. The number of ether oxygens (including phenoxy) is 1. The van der Waals surface area contributed by atoms with E-state index in [0.29, 0.717) is 23.8 Å². The van der Waals surface area contributed by atoms with Gasteiger partial charge in [0.15, 0.2) is 0 Å². The van der Waals surface area contributed by atoms with Gasteiger partial charge in [0.05, 0.1) is 5.69 Å². The van der Waals surface area contributed by atoms with E-state index in [1.165, 1.54) is 11.5 Å². The number of rotatable bonds is 5. The van der Waals surface area contributed by atoms with Crippen molar-refractivity contribution in [3.05, 3.63) is 28.9 Å². The zero-order chi connectivity index (χ0) is 16.1. The predicted octanol–water partition coefficient (Wildman–Crippen LogP) is 1.96. The van der Waals surface area contributed by atoms with Crippen LogP contribution < -0.4 is 4.74 Å². The Morgan fingerprint density at radius 2 is 2.22 bits per heavy atom. The van der Waals surface area contributed by atoms with E-state index in [1.807, 2.05) is 4.90 Å². The maximum Gasteiger partial charge on any atom is 0.267 e. The first-order valence-electron chi connectivity index (χ1n) is 7.82. The number of amides is 1. The Labute approximate surface area is 138 Å². The summed E-state index contributed by atoms with van der Waals surface area (Å²) in [5.41, 5.74) is 0.820. The van der Waals surface area contributed by atoms with Crippen LogP contribution in [0.3, 0.4) is 0 Å². The van der Waals surface area contributed by atoms with Crippen molar-refractivity contribution in [1.82, 2.24) is 24.7 Å². The molecule has 1 saturated heterocycles. The van der Waals surface area contributed by atoms with Crippen molar-refractivity contribution < 1.29 is 9.53 Å². The quantitative estimate of drug-likeness (QED) is 0.832. The van der Waals surface area contributed by atoms with Crippen LogP contribution in [0.25, 0.3) is 0 Å². The highest BCUT2D eigenvalue weighted by atomic mass is 32.1. The average Bonchev–Trinajstić information content (AvgIpc) is 3.04. The molecule has 7 nitrogen and oxygen atoms in total. The summed E-state index contributed by atoms with van der Waals surface area (Å²) in [6, 6.07) is 3.59. The Balaban J connectivity index is 1.56. The molecule has 0 bridgehead atoms. The third kappa shape index (κ3) is 3.82. The van der Waals surface area contributed by atoms with Gasteiger partial charge in [-0.15, -0.1) is 10.2 Å². The van der Waals surface area contributed by atoms with Crippen molar-refractivity contribution >= 4 is 17.4 Å². The highest BCUT2D eigenvalue weighted by molar-refractivity contribution is 7.08. The molecule has 0 atom stereocenters. The molecule has 0 saturated carbocycles. The van der Waals surface area contributed by atoms with E-state index in [-0.39, 0.29) is 12.0 Å². The minimum atomic E-state index is 0.0430. The molecule has 0 aliphatic carbocycles. The van der Waals surface area contributed by atoms with Crippen LogP contribution in [0.5, 0.6) is 5.88 Å². The summed E-state index contributed by atoms with van der Waals surface area (Å²) in [7, 11) is 0. The standard InChI is InChI=1S/C15H19N5O2S/c1-2-4-12-14(23-19-17-12)15(21)20-9-6-11(7-10-20)22-13-5-3-8-16-18-13/h3,5,8,11H,2,4,6-7,9-10H2,1H3. The number of hydrogen-bond donors (Lipinski definition) is 0. The lowest BCUT2D eigenvalue weighted by molar-refractivity contribution is 0.0589. The zero-order valence-corrected chi connectivity index (χ0v) is 13.8. The first-order chi connectivity index (χ1) is 11.3. The molecule has 2 aromatic rings. The van der Waals surface area contributed by atoms with Gasteiger partial charge >= 0.3 is 0 Å². The molecule has 8 heteroatoms. The van der Waals surface area contributed by atoms with Gasteiger partial charge in [-0.1, -0.05) is 17.8 Å². The van der Waals surface area contributed by atoms with E-state index < -0.39 is 0 Å². The van der Waals surface area contributed by atoms with E-state index in [1.54, 1.807) is 18.3 Å². The molecule has 1 aliphatic rings. The number of hydrogen-bond acceptors (Lipinski definition) is 7. The Hall–Kier alpha value is -2.09. The summed E-state index contributed by atoms with van der Waals surface area (Å²) in [6.07, 6.45) is 5.02. The molecule has 1 aliphatic heterocycles. The molecule has 0 unspecified atom stereocenters. The number of carbonyl (C=O) groups excluding carboxylic acids is 1. The van der Waals surface area contributed by atoms with Gasteiger partial charge in [-0.05, 0) is 24.0 Å². The number of nitrogens with zero attached hydrogens (tertiary/aromatic N) is 5. The van der Waals surface area contributed by atoms with E-state index in [2.05, 4.69) is 26.7 Å². The van der Waals surface area contributed by atoms with Gasteiger partial charge in [-0.2, -0.15) is 5.10 Å². The molecule has 0 radical (unpaired) electrons. The van der Waals surface area contributed by atoms with Crippen molar-refractivity contribution in [1.29, 1.82) is 0 Å². The van der Waals surface area contributed by atoms with E-state index in [0.717, 1.165) is 31.4 Å². The number of aryl methyl sites for hydroxylation is 1. The number of piperidine rings is 1. The van der Waals surface area contributed by atoms with Gasteiger partial charge in [0.1, 0.15) is 11.0 Å². The smallest absolute Gasteiger partial charge is 0.267 e. The van der Waals surface area contributed by atoms with Crippen LogP contribution in [-0.4, -0.2) is 49.8 Å². The summed E-state index contributed by atoms with van der Waals surface area (Å²) >= 11 is 1.19. The molecule has 122 valence electrons. The second-order valence-corrected chi connectivity index (χ2v) is 6.22. The monoisotopic (exact) mass is 333 g/mol. The van der Waals surface area contributed by atoms with Crippen LogP contribution in [0.2, 0.25) is 0 Å². The molecule has 23 heavy (non-hydrogen) atoms. The summed E-state index contributed by atoms with van der Waals surface area (Å²) in [6.45, 7) is 3.42. The first kappa shape index (κ1) is 15.8. The lowest BCUT2D eigenvalue weighted by atomic mass is 10.1. The minimum Gasteiger partial charge on any atom is -0.473 e. The third-order valence-electron chi connectivity index (χ3n) is 3.80. The van der Waals surface area contributed by atoms with Crippen molar-refractivity contribution in [2.24, 2.45) is 0 Å². The molecule has 2 aromatic heterocycles. The van der Waals surface area contributed by atoms with Crippen LogP contribution in [0.1, 0.15) is 41.6 Å². The van der Waals surface area contributed by atoms with Crippen LogP contribution >= 0.6 is 11.5 Å². The summed E-state index contributed by atoms with van der Waals surface area (Å²) in [5.74, 6) is 0.579. The lowest BCUT2D eigenvalue weighted by Crippen LogP contribution is -2.41. The second-order valence-electron chi connectivity index (χ2n) is 5.47. The summed E-state index contributed by atoms with van der Waals surface area (Å²) in [4.78, 5) is 15.2. The van der Waals surface area contributed by atoms with E-state index in [9.17, 15) is 4.79 Å². The SMILES string of the molecule is CCCc1nnsc1C(=O)N1CCC(Oc2cccnn2)CC1. The van der Waals surface area contributed by atoms with Gasteiger partial charge in [-0.3, -0.25) is 4.79 Å². The molecule has 1 amide bonds. The molecule has 3 rings (SSSR count). The third-order valence-corrected chi connectivity index (χ3v) is 4.56. The topological polar surface area (TPSA) is 81.1 Å². The zero-order valence-electron chi connectivity index (χ0n) is 13.0. The van der Waals surface area contributed by atoms with E-state index in [4.69, 9.17) is 4.74 Å². The molecule has 0 spiro atoms. The lowest BCUT2D eigenvalue weighted by Gasteiger charge is -2.31. The van der Waals surface area contributed by atoms with Crippen molar-refractivity contribution in [3.63, 3.8) is 0 Å². The van der Waals surface area contributed by atoms with Gasteiger partial charge in [-0.25, -0.2) is 0 Å². The van der Waals surface area contributed by atoms with Gasteiger partial charge in [0, 0.05) is 38.2 Å². The van der Waals surface area contributed by atoms with Crippen molar-refractivity contribution in [2.75, 3.05) is 13.1 Å². The van der Waals surface area contributed by atoms with Crippen LogP contribution in [0, 0.1) is 0 Å². The van der Waals surface area contributed by atoms with Crippen molar-refractivity contribution in [3.8, 4) is 5.88 Å². The summed E-state index contributed by atoms with van der Waals surface area (Å²) in [5, 5.41) is 11.8. The minimum absolute atomic E-state index is 0.0430. The molecule has 0 aromatic carbocycles. The maximum atomic E-state index is 12.6. The van der Waals surface area contributed by atoms with Crippen molar-refractivity contribution in [2.45, 2.75) is 38.7 Å². The first-order valence-corrected chi connectivity index (χ1v) is 8.60. The van der Waals surface area contributed by atoms with E-state index >= 15 is 0 Å². The van der Waals surface area contributed by atoms with Gasteiger partial charge in [0.25, 0.3) is 5.91 Å². The van der Waals surface area contributed by atoms with Gasteiger partial charge < -0.3 is 9.64 Å². The Kier molecular flexibility index (Phi) is 5.12. The molecule has 3 heterocycles. The van der Waals surface area contributed by atoms with Crippen LogP contribution in [0.4, 0.5) is 0 Å². The fourth-order valence-corrected chi connectivity index (χ4v) is 3.29. The molecule has 1 fully saturated rings. The van der Waals surface area contributed by atoms with Gasteiger partial charge in [0.2, 0.25) is 5.88 Å². The Morgan fingerprint density at radius 3 is 2.91 bits per heavy atom. The Morgan fingerprint density at radius 1 is 1.39 bits per heavy atom. The molecular formula is C15H19N5O2S. The second kappa shape index (κ2) is 7.45. The summed E-state index contributed by atoms with van der Waals surface area (Å²) < 4.78 is 9.73. The maximum absolute atomic E-state index is 12.6. The molecule has 0 N–H and O–H groups in total. The van der Waals surface area contributed by atoms with Crippen LogP contribution in [-0.2, 0) is 6.42 Å². The molecular weight excluding hydrogens is 314 g/mol. The Bertz CT molecular complexity index is 640. The number of carbonyl (C=O) groups is 1. The number of likely N-dealkylation sites (tertiary alicyclic amines) is 1. The predicted molar refractivity (Wildman–Crippen MR) is 85.5 cm³/mol. The fourth-order valence-electron chi connectivity index (χ4n) is 2.61.